The van der Waals surface area contributed by atoms with Crippen LogP contribution in [0.1, 0.15) is 6.42 Å². The van der Waals surface area contributed by atoms with E-state index in [0.717, 1.165) is 19.2 Å². The third-order valence-electron chi connectivity index (χ3n) is 2.79. The van der Waals surface area contributed by atoms with Crippen molar-refractivity contribution in [2.24, 2.45) is 5.92 Å². The maximum Gasteiger partial charge on any atom is 0.148 e. The van der Waals surface area contributed by atoms with E-state index in [2.05, 4.69) is 0 Å². The second kappa shape index (κ2) is 9.97. The standard InChI is InChI=1S/C9H19B2O5P2S/c1-13-5-14-7-3-6(4-15-19-17-10)8(12)9(7)16-18(2)11/h6-10,12,17H,3-5H2,1-2H3/t6?,7?,8-,9-,17?,18?/m0/s1/i10T,17D. The average Bonchev–Trinajstić information content (AvgIpc) is 2.73. The van der Waals surface area contributed by atoms with Gasteiger partial charge >= 0.3 is 0 Å². The first-order chi connectivity index (χ1) is 9.99. The second-order valence-electron chi connectivity index (χ2n) is 4.18. The Labute approximate surface area is 126 Å². The van der Waals surface area contributed by atoms with Crippen LogP contribution in [0.4, 0.5) is 0 Å². The van der Waals surface area contributed by atoms with Gasteiger partial charge in [0.15, 0.2) is 0 Å². The van der Waals surface area contributed by atoms with E-state index in [1.54, 1.807) is 6.66 Å². The summed E-state index contributed by atoms with van der Waals surface area (Å²) in [6, 6.07) is 0. The summed E-state index contributed by atoms with van der Waals surface area (Å²) < 4.78 is 35.7. The highest BCUT2D eigenvalue weighted by Crippen LogP contribution is 2.39. The summed E-state index contributed by atoms with van der Waals surface area (Å²) in [7, 11) is 5.80. The molecule has 1 fully saturated rings. The van der Waals surface area contributed by atoms with Crippen molar-refractivity contribution in [1.29, 1.82) is 2.61 Å². The predicted octanol–water partition coefficient (Wildman–Crippen LogP) is 0.926. The zero-order valence-electron chi connectivity index (χ0n) is 13.0. The highest BCUT2D eigenvalue weighted by Gasteiger charge is 2.44. The van der Waals surface area contributed by atoms with Crippen LogP contribution in [0.3, 0.4) is 0 Å². The number of aliphatic hydroxyl groups is 1. The van der Waals surface area contributed by atoms with E-state index >= 15 is 0 Å². The minimum Gasteiger partial charge on any atom is -0.390 e. The smallest absolute Gasteiger partial charge is 0.148 e. The normalized spacial score (nSPS) is 35.5. The molecule has 0 spiro atoms. The van der Waals surface area contributed by atoms with Crippen molar-refractivity contribution < 1.29 is 23.3 Å². The lowest BCUT2D eigenvalue weighted by atomic mass is 10.1. The van der Waals surface area contributed by atoms with Crippen LogP contribution in [0, 0.1) is 5.92 Å². The molecule has 0 aromatic heterocycles. The van der Waals surface area contributed by atoms with Gasteiger partial charge in [-0.1, -0.05) is 7.61 Å². The molecule has 107 valence electrons. The summed E-state index contributed by atoms with van der Waals surface area (Å²) >= 11 is 0.950. The Balaban J connectivity index is 2.49. The Morgan fingerprint density at radius 1 is 1.79 bits per heavy atom. The summed E-state index contributed by atoms with van der Waals surface area (Å²) in [5.74, 6) is -0.159. The zero-order chi connectivity index (χ0) is 15.8. The second-order valence-corrected chi connectivity index (χ2v) is 7.16. The molecule has 0 aromatic rings. The van der Waals surface area contributed by atoms with Crippen molar-refractivity contribution in [1.82, 2.24) is 0 Å². The SMILES string of the molecule is [2H]P([B][3H])SOCC1CC(OCOC)[C@H](OP([B])C)[C@H]1O. The van der Waals surface area contributed by atoms with Gasteiger partial charge in [0.05, 0.1) is 20.1 Å². The fourth-order valence-corrected chi connectivity index (χ4v) is 3.32. The Hall–Kier alpha value is 1.14. The first-order valence-electron chi connectivity index (χ1n) is 6.75. The molecule has 19 heavy (non-hydrogen) atoms. The zero-order valence-corrected chi connectivity index (χ0v) is 13.6. The maximum atomic E-state index is 10.3. The van der Waals surface area contributed by atoms with Crippen molar-refractivity contribution in [3.63, 3.8) is 0 Å². The van der Waals surface area contributed by atoms with Gasteiger partial charge in [-0.25, -0.2) is 0 Å². The van der Waals surface area contributed by atoms with Crippen molar-refractivity contribution in [3.05, 3.63) is 0 Å². The molecule has 0 bridgehead atoms. The molecule has 0 aromatic carbocycles. The quantitative estimate of drug-likeness (QED) is 0.279. The third kappa shape index (κ3) is 6.19. The molecular formula is C9H19B2O5P2S. The van der Waals surface area contributed by atoms with Crippen LogP contribution in [-0.2, 0) is 18.2 Å². The van der Waals surface area contributed by atoms with Crippen molar-refractivity contribution in [2.45, 2.75) is 24.7 Å². The molecule has 0 aliphatic heterocycles. The highest BCUT2D eigenvalue weighted by atomic mass is 32.7. The van der Waals surface area contributed by atoms with E-state index in [-0.39, 0.29) is 25.4 Å². The fourth-order valence-electron chi connectivity index (χ4n) is 2.02. The first-order valence-corrected chi connectivity index (χ1v) is 9.81. The van der Waals surface area contributed by atoms with Gasteiger partial charge in [-0.15, -0.1) is 0 Å². The molecule has 0 saturated heterocycles. The van der Waals surface area contributed by atoms with Crippen molar-refractivity contribution in [2.75, 3.05) is 27.2 Å². The van der Waals surface area contributed by atoms with Gasteiger partial charge in [0, 0.05) is 24.7 Å². The monoisotopic (exact) mass is 326 g/mol. The lowest BCUT2D eigenvalue weighted by molar-refractivity contribution is -0.106. The molecule has 0 amide bonds. The molecule has 4 unspecified atom stereocenters. The molecule has 1 N–H and O–H groups in total. The minimum absolute atomic E-state index is 0.123. The van der Waals surface area contributed by atoms with Gasteiger partial charge in [0.1, 0.15) is 28.0 Å². The van der Waals surface area contributed by atoms with Gasteiger partial charge in [-0.3, -0.25) is 0 Å². The third-order valence-corrected chi connectivity index (χ3v) is 4.26. The van der Waals surface area contributed by atoms with Crippen LogP contribution >= 0.6 is 27.3 Å². The Morgan fingerprint density at radius 2 is 2.58 bits per heavy atom. The summed E-state index contributed by atoms with van der Waals surface area (Å²) in [5, 5.41) is 10.3. The van der Waals surface area contributed by atoms with Crippen LogP contribution in [0.2, 0.25) is 0 Å². The average molecular weight is 326 g/mol. The van der Waals surface area contributed by atoms with E-state index < -0.39 is 27.8 Å². The first kappa shape index (κ1) is 15.1. The van der Waals surface area contributed by atoms with Crippen molar-refractivity contribution in [3.8, 4) is 0 Å². The van der Waals surface area contributed by atoms with Crippen LogP contribution in [0.5, 0.6) is 0 Å². The largest absolute Gasteiger partial charge is 0.390 e. The van der Waals surface area contributed by atoms with E-state index in [1.165, 1.54) is 7.11 Å². The Kier molecular flexibility index (Phi) is 7.89. The van der Waals surface area contributed by atoms with Gasteiger partial charge in [0.2, 0.25) is 0 Å². The molecule has 1 saturated carbocycles. The number of rotatable bonds is 10. The van der Waals surface area contributed by atoms with Gasteiger partial charge in [-0.05, 0) is 22.4 Å². The lowest BCUT2D eigenvalue weighted by Gasteiger charge is -2.25. The number of hydrogen-bond donors (Lipinski definition) is 1. The van der Waals surface area contributed by atoms with Crippen LogP contribution in [0.15, 0.2) is 0 Å². The Morgan fingerprint density at radius 3 is 3.21 bits per heavy atom. The Bertz CT molecular complexity index is 301. The van der Waals surface area contributed by atoms with E-state index in [0.29, 0.717) is 6.42 Å². The van der Waals surface area contributed by atoms with E-state index in [1.807, 2.05) is 0 Å². The number of ether oxygens (including phenoxy) is 2. The summed E-state index contributed by atoms with van der Waals surface area (Å²) in [4.78, 5) is 0. The molecule has 0 heterocycles. The van der Waals surface area contributed by atoms with Gasteiger partial charge < -0.3 is 23.3 Å². The lowest BCUT2D eigenvalue weighted by Crippen LogP contribution is -2.35. The molecule has 1 aliphatic rings. The molecular weight excluding hydrogens is 304 g/mol. The van der Waals surface area contributed by atoms with Gasteiger partial charge in [0.25, 0.3) is 0 Å². The number of aliphatic hydroxyl groups excluding tert-OH is 1. The summed E-state index contributed by atoms with van der Waals surface area (Å²) in [6.07, 6.45) is -0.968. The highest BCUT2D eigenvalue weighted by molar-refractivity contribution is 8.53. The number of hydrogen-bond acceptors (Lipinski definition) is 6. The van der Waals surface area contributed by atoms with E-state index in [9.17, 15) is 5.11 Å². The molecule has 1 aliphatic carbocycles. The van der Waals surface area contributed by atoms with Crippen molar-refractivity contribution >= 4 is 42.4 Å². The topological polar surface area (TPSA) is 57.2 Å². The summed E-state index contributed by atoms with van der Waals surface area (Å²) in [6.45, 7) is 2.15. The molecule has 1 rings (SSSR count). The molecule has 10 heteroatoms. The number of methoxy groups -OCH3 is 1. The molecule has 6 atom stereocenters. The van der Waals surface area contributed by atoms with Crippen LogP contribution < -0.4 is 0 Å². The van der Waals surface area contributed by atoms with Crippen LogP contribution in [-0.4, -0.2) is 68.3 Å². The molecule has 5 nitrogen and oxygen atoms in total. The summed E-state index contributed by atoms with van der Waals surface area (Å²) in [5.41, 5.74) is 0. The van der Waals surface area contributed by atoms with Crippen LogP contribution in [0.25, 0.3) is 0 Å². The van der Waals surface area contributed by atoms with E-state index in [4.69, 9.17) is 28.4 Å². The molecule has 3 radical (unpaired) electrons. The fraction of sp³-hybridized carbons (Fsp3) is 1.00. The predicted molar refractivity (Wildman–Crippen MR) is 83.3 cm³/mol. The van der Waals surface area contributed by atoms with Gasteiger partial charge in [-0.2, -0.15) is 0 Å². The maximum absolute atomic E-state index is 10.3. The minimum atomic E-state index is -1.35.